The molecule has 3 aromatic rings. The molecule has 0 aliphatic carbocycles. The van der Waals surface area contributed by atoms with Crippen LogP contribution in [0.4, 0.5) is 5.69 Å². The quantitative estimate of drug-likeness (QED) is 0.654. The first kappa shape index (κ1) is 16.1. The van der Waals surface area contributed by atoms with E-state index in [1.807, 2.05) is 47.4 Å². The van der Waals surface area contributed by atoms with Gasteiger partial charge < -0.3 is 9.47 Å². The molecule has 1 fully saturated rings. The third-order valence-corrected chi connectivity index (χ3v) is 5.39. The van der Waals surface area contributed by atoms with E-state index in [4.69, 9.17) is 9.47 Å². The third-order valence-electron chi connectivity index (χ3n) is 5.39. The zero-order valence-corrected chi connectivity index (χ0v) is 15.0. The van der Waals surface area contributed by atoms with E-state index in [9.17, 15) is 4.79 Å². The maximum atomic E-state index is 12.7. The third kappa shape index (κ3) is 2.53. The number of rotatable bonds is 3. The van der Waals surface area contributed by atoms with Gasteiger partial charge in [-0.3, -0.25) is 9.69 Å². The molecule has 0 N–H and O–H groups in total. The Morgan fingerprint density at radius 1 is 0.963 bits per heavy atom. The maximum Gasteiger partial charge on any atom is 0.259 e. The minimum atomic E-state index is -0.398. The molecule has 0 aromatic heterocycles. The van der Waals surface area contributed by atoms with Crippen LogP contribution in [0.3, 0.4) is 0 Å². The van der Waals surface area contributed by atoms with E-state index in [0.717, 1.165) is 22.6 Å². The number of β-lactam (4-membered cyclic amide) rings is 1. The molecule has 2 aliphatic rings. The first-order valence-electron chi connectivity index (χ1n) is 9.03. The van der Waals surface area contributed by atoms with Gasteiger partial charge in [-0.25, -0.2) is 0 Å². The lowest BCUT2D eigenvalue weighted by atomic mass is 9.83. The predicted octanol–water partition coefficient (Wildman–Crippen LogP) is 4.35. The van der Waals surface area contributed by atoms with Crippen LogP contribution in [0.2, 0.25) is 0 Å². The summed E-state index contributed by atoms with van der Waals surface area (Å²) in [6.45, 7) is 0.480. The highest BCUT2D eigenvalue weighted by Crippen LogP contribution is 2.46. The van der Waals surface area contributed by atoms with Crippen LogP contribution < -0.4 is 9.64 Å². The number of amides is 1. The van der Waals surface area contributed by atoms with E-state index in [1.165, 1.54) is 11.1 Å². The lowest BCUT2D eigenvalue weighted by Gasteiger charge is -2.49. The Balaban J connectivity index is 1.55. The summed E-state index contributed by atoms with van der Waals surface area (Å²) in [4.78, 5) is 14.5. The van der Waals surface area contributed by atoms with Gasteiger partial charge in [-0.1, -0.05) is 42.5 Å². The highest BCUT2D eigenvalue weighted by Gasteiger charge is 2.52. The number of ether oxygens (including phenoxy) is 2. The lowest BCUT2D eigenvalue weighted by Crippen LogP contribution is -2.61. The van der Waals surface area contributed by atoms with Crippen LogP contribution in [0.5, 0.6) is 5.75 Å². The lowest BCUT2D eigenvalue weighted by molar-refractivity contribution is -0.145. The molecule has 27 heavy (non-hydrogen) atoms. The molecule has 0 spiro atoms. The summed E-state index contributed by atoms with van der Waals surface area (Å²) < 4.78 is 11.1. The minimum Gasteiger partial charge on any atom is -0.497 e. The summed E-state index contributed by atoms with van der Waals surface area (Å²) in [6.07, 6.45) is -0.398. The standard InChI is InChI=1S/C23H19NO3/c1-26-19-11-9-18(10-12-19)24-21-20-13-16(15-5-3-2-4-6-15)7-8-17(20)14-27-22(21)23(24)25/h2-13,21-22H,14H2,1H3/t21-,22+/m0/s1. The second kappa shape index (κ2) is 6.25. The zero-order chi connectivity index (χ0) is 18.4. The van der Waals surface area contributed by atoms with Gasteiger partial charge in [-0.2, -0.15) is 0 Å². The fourth-order valence-electron chi connectivity index (χ4n) is 3.95. The molecule has 5 rings (SSSR count). The number of anilines is 1. The van der Waals surface area contributed by atoms with Crippen molar-refractivity contribution in [2.24, 2.45) is 0 Å². The molecule has 0 radical (unpaired) electrons. The van der Waals surface area contributed by atoms with Crippen molar-refractivity contribution in [1.82, 2.24) is 0 Å². The molecule has 2 aliphatic heterocycles. The van der Waals surface area contributed by atoms with E-state index in [0.29, 0.717) is 6.61 Å². The fourth-order valence-corrected chi connectivity index (χ4v) is 3.95. The second-order valence-electron chi connectivity index (χ2n) is 6.86. The predicted molar refractivity (Wildman–Crippen MR) is 104 cm³/mol. The van der Waals surface area contributed by atoms with Crippen molar-refractivity contribution in [3.63, 3.8) is 0 Å². The highest BCUT2D eigenvalue weighted by atomic mass is 16.5. The number of hydrogen-bond acceptors (Lipinski definition) is 3. The molecule has 1 saturated heterocycles. The van der Waals surface area contributed by atoms with E-state index in [-0.39, 0.29) is 11.9 Å². The number of benzene rings is 3. The Labute approximate surface area is 158 Å². The number of carbonyl (C=O) groups is 1. The largest absolute Gasteiger partial charge is 0.497 e. The number of fused-ring (bicyclic) bond motifs is 3. The Morgan fingerprint density at radius 3 is 2.48 bits per heavy atom. The Hall–Kier alpha value is -3.11. The summed E-state index contributed by atoms with van der Waals surface area (Å²) in [7, 11) is 1.64. The first-order chi connectivity index (χ1) is 13.3. The van der Waals surface area contributed by atoms with Gasteiger partial charge in [-0.05, 0) is 52.6 Å². The van der Waals surface area contributed by atoms with Crippen LogP contribution >= 0.6 is 0 Å². The van der Waals surface area contributed by atoms with Crippen LogP contribution in [0.25, 0.3) is 11.1 Å². The van der Waals surface area contributed by atoms with Gasteiger partial charge in [0.05, 0.1) is 19.8 Å². The molecule has 2 atom stereocenters. The second-order valence-corrected chi connectivity index (χ2v) is 6.86. The summed E-state index contributed by atoms with van der Waals surface area (Å²) >= 11 is 0. The van der Waals surface area contributed by atoms with Gasteiger partial charge in [-0.15, -0.1) is 0 Å². The molecular weight excluding hydrogens is 338 g/mol. The molecule has 4 nitrogen and oxygen atoms in total. The monoisotopic (exact) mass is 357 g/mol. The van der Waals surface area contributed by atoms with Crippen LogP contribution in [0, 0.1) is 0 Å². The van der Waals surface area contributed by atoms with Crippen LogP contribution in [0.15, 0.2) is 72.8 Å². The Morgan fingerprint density at radius 2 is 1.74 bits per heavy atom. The van der Waals surface area contributed by atoms with Crippen molar-refractivity contribution in [2.45, 2.75) is 18.8 Å². The van der Waals surface area contributed by atoms with E-state index in [1.54, 1.807) is 7.11 Å². The van der Waals surface area contributed by atoms with E-state index < -0.39 is 6.10 Å². The Kier molecular flexibility index (Phi) is 3.73. The van der Waals surface area contributed by atoms with Crippen LogP contribution in [0.1, 0.15) is 17.2 Å². The molecule has 0 bridgehead atoms. The van der Waals surface area contributed by atoms with Gasteiger partial charge in [0, 0.05) is 5.69 Å². The molecular formula is C23H19NO3. The maximum absolute atomic E-state index is 12.7. The summed E-state index contributed by atoms with van der Waals surface area (Å²) in [6, 6.07) is 24.2. The van der Waals surface area contributed by atoms with Crippen LogP contribution in [-0.4, -0.2) is 19.1 Å². The van der Waals surface area contributed by atoms with Crippen molar-refractivity contribution in [1.29, 1.82) is 0 Å². The van der Waals surface area contributed by atoms with Crippen molar-refractivity contribution in [3.05, 3.63) is 83.9 Å². The van der Waals surface area contributed by atoms with Crippen molar-refractivity contribution < 1.29 is 14.3 Å². The van der Waals surface area contributed by atoms with E-state index in [2.05, 4.69) is 30.3 Å². The summed E-state index contributed by atoms with van der Waals surface area (Å²) in [5, 5.41) is 0. The molecule has 3 aromatic carbocycles. The summed E-state index contributed by atoms with van der Waals surface area (Å²) in [5.74, 6) is 0.788. The smallest absolute Gasteiger partial charge is 0.259 e. The molecule has 134 valence electrons. The number of methoxy groups -OCH3 is 1. The SMILES string of the molecule is COc1ccc(N2C(=O)[C@@H]3OCc4ccc(-c5ccccc5)cc4[C@@H]32)cc1. The fraction of sp³-hybridized carbons (Fsp3) is 0.174. The molecule has 0 unspecified atom stereocenters. The molecule has 0 saturated carbocycles. The minimum absolute atomic E-state index is 0.0148. The molecule has 4 heteroatoms. The van der Waals surface area contributed by atoms with Crippen molar-refractivity contribution in [2.75, 3.05) is 12.0 Å². The van der Waals surface area contributed by atoms with Gasteiger partial charge in [0.1, 0.15) is 5.75 Å². The average Bonchev–Trinajstić information content (AvgIpc) is 2.73. The number of hydrogen-bond donors (Lipinski definition) is 0. The number of nitrogens with zero attached hydrogens (tertiary/aromatic N) is 1. The normalized spacial score (nSPS) is 20.5. The van der Waals surface area contributed by atoms with Crippen LogP contribution in [-0.2, 0) is 16.1 Å². The average molecular weight is 357 g/mol. The van der Waals surface area contributed by atoms with Gasteiger partial charge >= 0.3 is 0 Å². The number of carbonyl (C=O) groups excluding carboxylic acids is 1. The van der Waals surface area contributed by atoms with Crippen molar-refractivity contribution in [3.8, 4) is 16.9 Å². The molecule has 2 heterocycles. The van der Waals surface area contributed by atoms with E-state index >= 15 is 0 Å². The van der Waals surface area contributed by atoms with Gasteiger partial charge in [0.15, 0.2) is 6.10 Å². The highest BCUT2D eigenvalue weighted by molar-refractivity contribution is 6.05. The summed E-state index contributed by atoms with van der Waals surface area (Å²) in [5.41, 5.74) is 5.50. The van der Waals surface area contributed by atoms with Gasteiger partial charge in [0.2, 0.25) is 0 Å². The first-order valence-corrected chi connectivity index (χ1v) is 9.03. The van der Waals surface area contributed by atoms with Crippen molar-refractivity contribution >= 4 is 11.6 Å². The van der Waals surface area contributed by atoms with Gasteiger partial charge in [0.25, 0.3) is 5.91 Å². The zero-order valence-electron chi connectivity index (χ0n) is 15.0. The topological polar surface area (TPSA) is 38.8 Å². The molecule has 1 amide bonds. The Bertz CT molecular complexity index is 998.